The van der Waals surface area contributed by atoms with Crippen LogP contribution in [-0.2, 0) is 0 Å². The van der Waals surface area contributed by atoms with Gasteiger partial charge in [-0.15, -0.1) is 0 Å². The summed E-state index contributed by atoms with van der Waals surface area (Å²) in [6, 6.07) is 8.26. The Morgan fingerprint density at radius 1 is 1.11 bits per heavy atom. The van der Waals surface area contributed by atoms with Gasteiger partial charge in [0.25, 0.3) is 0 Å². The van der Waals surface area contributed by atoms with Crippen LogP contribution >= 0.6 is 11.6 Å². The maximum Gasteiger partial charge on any atom is 0.0406 e. The summed E-state index contributed by atoms with van der Waals surface area (Å²) in [6.45, 7) is 0.702. The van der Waals surface area contributed by atoms with Gasteiger partial charge in [0.05, 0.1) is 0 Å². The fourth-order valence-corrected chi connectivity index (χ4v) is 3.57. The highest BCUT2D eigenvalue weighted by molar-refractivity contribution is 6.30. The minimum Gasteiger partial charge on any atom is -0.327 e. The molecule has 1 saturated carbocycles. The van der Waals surface area contributed by atoms with Gasteiger partial charge in [-0.2, -0.15) is 0 Å². The van der Waals surface area contributed by atoms with E-state index < -0.39 is 0 Å². The molecule has 2 heteroatoms. The predicted molar refractivity (Wildman–Crippen MR) is 77.6 cm³/mol. The van der Waals surface area contributed by atoms with E-state index in [2.05, 4.69) is 12.1 Å². The van der Waals surface area contributed by atoms with Crippen LogP contribution in [0.3, 0.4) is 0 Å². The van der Waals surface area contributed by atoms with Crippen LogP contribution in [0.1, 0.15) is 44.1 Å². The fraction of sp³-hybridized carbons (Fsp3) is 0.500. The average molecular weight is 262 g/mol. The molecule has 0 aliphatic heterocycles. The molecule has 0 aromatic heterocycles. The highest BCUT2D eigenvalue weighted by atomic mass is 35.5. The van der Waals surface area contributed by atoms with Crippen molar-refractivity contribution in [3.8, 4) is 0 Å². The molecule has 96 valence electrons. The SMILES string of the molecule is NCC1=C(c2ccc(Cl)cc2)CC2(CCC2)CC1. The molecule has 1 fully saturated rings. The second-order valence-corrected chi connectivity index (χ2v) is 6.26. The van der Waals surface area contributed by atoms with Crippen LogP contribution in [0.4, 0.5) is 0 Å². The molecule has 0 atom stereocenters. The smallest absolute Gasteiger partial charge is 0.0406 e. The quantitative estimate of drug-likeness (QED) is 0.839. The minimum absolute atomic E-state index is 0.605. The molecule has 2 aliphatic rings. The molecule has 0 heterocycles. The van der Waals surface area contributed by atoms with Crippen molar-refractivity contribution in [3.63, 3.8) is 0 Å². The van der Waals surface area contributed by atoms with E-state index in [1.807, 2.05) is 12.1 Å². The summed E-state index contributed by atoms with van der Waals surface area (Å²) in [5.41, 5.74) is 10.8. The van der Waals surface area contributed by atoms with E-state index in [0.29, 0.717) is 12.0 Å². The zero-order valence-electron chi connectivity index (χ0n) is 10.7. The fourth-order valence-electron chi connectivity index (χ4n) is 3.44. The first kappa shape index (κ1) is 12.3. The summed E-state index contributed by atoms with van der Waals surface area (Å²) >= 11 is 5.97. The number of allylic oxidation sites excluding steroid dienone is 1. The minimum atomic E-state index is 0.605. The van der Waals surface area contributed by atoms with E-state index in [1.165, 1.54) is 55.2 Å². The number of hydrogen-bond donors (Lipinski definition) is 1. The third-order valence-corrected chi connectivity index (χ3v) is 5.04. The second-order valence-electron chi connectivity index (χ2n) is 5.82. The van der Waals surface area contributed by atoms with Gasteiger partial charge in [-0.25, -0.2) is 0 Å². The molecule has 0 saturated heterocycles. The maximum absolute atomic E-state index is 5.97. The summed E-state index contributed by atoms with van der Waals surface area (Å²) in [6.07, 6.45) is 7.97. The van der Waals surface area contributed by atoms with Crippen molar-refractivity contribution in [2.75, 3.05) is 6.54 Å². The number of hydrogen-bond acceptors (Lipinski definition) is 1. The molecule has 0 bridgehead atoms. The van der Waals surface area contributed by atoms with Gasteiger partial charge in [-0.05, 0) is 60.8 Å². The van der Waals surface area contributed by atoms with Gasteiger partial charge >= 0.3 is 0 Å². The molecule has 18 heavy (non-hydrogen) atoms. The van der Waals surface area contributed by atoms with Crippen molar-refractivity contribution < 1.29 is 0 Å². The summed E-state index contributed by atoms with van der Waals surface area (Å²) < 4.78 is 0. The normalized spacial score (nSPS) is 22.1. The van der Waals surface area contributed by atoms with Crippen LogP contribution in [0, 0.1) is 5.41 Å². The highest BCUT2D eigenvalue weighted by Crippen LogP contribution is 2.54. The molecule has 2 N–H and O–H groups in total. The van der Waals surface area contributed by atoms with E-state index in [-0.39, 0.29) is 0 Å². The standard InChI is InChI=1S/C16H20ClN/c17-14-4-2-12(3-5-14)15-10-16(7-1-8-16)9-6-13(15)11-18/h2-5H,1,6-11,18H2. The number of halogens is 1. The third-order valence-electron chi connectivity index (χ3n) is 4.79. The van der Waals surface area contributed by atoms with Gasteiger partial charge in [-0.3, -0.25) is 0 Å². The van der Waals surface area contributed by atoms with Crippen molar-refractivity contribution in [1.82, 2.24) is 0 Å². The van der Waals surface area contributed by atoms with Gasteiger partial charge in [0.1, 0.15) is 0 Å². The second kappa shape index (κ2) is 4.71. The van der Waals surface area contributed by atoms with Crippen LogP contribution in [0.15, 0.2) is 29.8 Å². The van der Waals surface area contributed by atoms with E-state index in [0.717, 1.165) is 5.02 Å². The molecule has 3 rings (SSSR count). The zero-order chi connectivity index (χ0) is 12.6. The maximum atomic E-state index is 5.97. The van der Waals surface area contributed by atoms with Crippen LogP contribution in [0.25, 0.3) is 5.57 Å². The summed E-state index contributed by atoms with van der Waals surface area (Å²) in [5, 5.41) is 0.808. The van der Waals surface area contributed by atoms with E-state index >= 15 is 0 Å². The Morgan fingerprint density at radius 2 is 1.83 bits per heavy atom. The third kappa shape index (κ3) is 2.10. The van der Waals surface area contributed by atoms with Crippen LogP contribution in [0.5, 0.6) is 0 Å². The van der Waals surface area contributed by atoms with Crippen molar-refractivity contribution >= 4 is 17.2 Å². The van der Waals surface area contributed by atoms with Gasteiger partial charge in [-0.1, -0.05) is 35.7 Å². The lowest BCUT2D eigenvalue weighted by Gasteiger charge is -2.46. The molecular formula is C16H20ClN. The molecular weight excluding hydrogens is 242 g/mol. The molecule has 1 nitrogen and oxygen atoms in total. The number of nitrogens with two attached hydrogens (primary N) is 1. The molecule has 2 aliphatic carbocycles. The predicted octanol–water partition coefficient (Wildman–Crippen LogP) is 4.41. The summed E-state index contributed by atoms with van der Waals surface area (Å²) in [5.74, 6) is 0. The Hall–Kier alpha value is -0.790. The lowest BCUT2D eigenvalue weighted by atomic mass is 9.59. The lowest BCUT2D eigenvalue weighted by Crippen LogP contribution is -2.33. The Balaban J connectivity index is 1.94. The lowest BCUT2D eigenvalue weighted by molar-refractivity contribution is 0.121. The Labute approximate surface area is 114 Å². The molecule has 0 unspecified atom stereocenters. The summed E-state index contributed by atoms with van der Waals surface area (Å²) in [4.78, 5) is 0. The first-order chi connectivity index (χ1) is 8.72. The largest absolute Gasteiger partial charge is 0.327 e. The van der Waals surface area contributed by atoms with Crippen molar-refractivity contribution in [2.24, 2.45) is 11.1 Å². The first-order valence-corrected chi connectivity index (χ1v) is 7.27. The van der Waals surface area contributed by atoms with Crippen LogP contribution in [0.2, 0.25) is 5.02 Å². The molecule has 1 aromatic rings. The zero-order valence-corrected chi connectivity index (χ0v) is 11.5. The molecule has 0 amide bonds. The average Bonchev–Trinajstić information content (AvgIpc) is 2.37. The van der Waals surface area contributed by atoms with E-state index in [9.17, 15) is 0 Å². The monoisotopic (exact) mass is 261 g/mol. The first-order valence-electron chi connectivity index (χ1n) is 6.89. The number of benzene rings is 1. The molecule has 1 spiro atoms. The van der Waals surface area contributed by atoms with E-state index in [1.54, 1.807) is 0 Å². The van der Waals surface area contributed by atoms with Crippen molar-refractivity contribution in [2.45, 2.75) is 38.5 Å². The topological polar surface area (TPSA) is 26.0 Å². The Kier molecular flexibility index (Phi) is 3.21. The molecule has 0 radical (unpaired) electrons. The van der Waals surface area contributed by atoms with Crippen LogP contribution in [-0.4, -0.2) is 6.54 Å². The van der Waals surface area contributed by atoms with Gasteiger partial charge in [0.2, 0.25) is 0 Å². The van der Waals surface area contributed by atoms with Crippen LogP contribution < -0.4 is 5.73 Å². The van der Waals surface area contributed by atoms with Gasteiger partial charge in [0.15, 0.2) is 0 Å². The Bertz CT molecular complexity index is 468. The highest BCUT2D eigenvalue weighted by Gasteiger charge is 2.40. The van der Waals surface area contributed by atoms with Gasteiger partial charge < -0.3 is 5.73 Å². The molecule has 1 aromatic carbocycles. The van der Waals surface area contributed by atoms with E-state index in [4.69, 9.17) is 17.3 Å². The van der Waals surface area contributed by atoms with Crippen molar-refractivity contribution in [3.05, 3.63) is 40.4 Å². The summed E-state index contributed by atoms with van der Waals surface area (Å²) in [7, 11) is 0. The number of rotatable bonds is 2. The van der Waals surface area contributed by atoms with Gasteiger partial charge in [0, 0.05) is 11.6 Å². The van der Waals surface area contributed by atoms with Crippen molar-refractivity contribution in [1.29, 1.82) is 0 Å². The Morgan fingerprint density at radius 3 is 2.39 bits per heavy atom.